The van der Waals surface area contributed by atoms with E-state index in [0.717, 1.165) is 18.8 Å². The summed E-state index contributed by atoms with van der Waals surface area (Å²) in [4.78, 5) is 2.31. The van der Waals surface area contributed by atoms with E-state index in [1.807, 2.05) is 0 Å². The molecule has 1 unspecified atom stereocenters. The molecule has 90 valence electrons. The van der Waals surface area contributed by atoms with E-state index in [2.05, 4.69) is 50.1 Å². The van der Waals surface area contributed by atoms with Gasteiger partial charge in [-0.15, -0.1) is 11.6 Å². The van der Waals surface area contributed by atoms with Crippen LogP contribution in [0.1, 0.15) is 25.3 Å². The zero-order valence-electron chi connectivity index (χ0n) is 10.5. The summed E-state index contributed by atoms with van der Waals surface area (Å²) >= 11 is 5.73. The fourth-order valence-electron chi connectivity index (χ4n) is 1.67. The molecule has 0 aliphatic carbocycles. The quantitative estimate of drug-likeness (QED) is 0.676. The molecule has 0 spiro atoms. The summed E-state index contributed by atoms with van der Waals surface area (Å²) < 4.78 is 0. The van der Waals surface area contributed by atoms with E-state index < -0.39 is 0 Å². The first kappa shape index (κ1) is 13.4. The van der Waals surface area contributed by atoms with Crippen molar-refractivity contribution in [1.29, 1.82) is 0 Å². The smallest absolute Gasteiger partial charge is 0.0363 e. The highest BCUT2D eigenvalue weighted by Gasteiger charge is 2.04. The Hall–Kier alpha value is -0.690. The zero-order chi connectivity index (χ0) is 12.0. The molecule has 0 heterocycles. The average molecular weight is 240 g/mol. The first-order valence-electron chi connectivity index (χ1n) is 5.97. The number of nitrogens with zero attached hydrogens (tertiary/aromatic N) is 1. The Kier molecular flexibility index (Phi) is 5.68. The molecule has 1 atom stereocenters. The average Bonchev–Trinajstić information content (AvgIpc) is 2.27. The van der Waals surface area contributed by atoms with Gasteiger partial charge < -0.3 is 4.90 Å². The summed E-state index contributed by atoms with van der Waals surface area (Å²) in [7, 11) is 2.15. The highest BCUT2D eigenvalue weighted by molar-refractivity contribution is 6.17. The van der Waals surface area contributed by atoms with Gasteiger partial charge in [0.05, 0.1) is 0 Å². The van der Waals surface area contributed by atoms with Crippen molar-refractivity contribution in [2.45, 2.75) is 26.7 Å². The van der Waals surface area contributed by atoms with Crippen molar-refractivity contribution in [3.63, 3.8) is 0 Å². The number of hydrogen-bond donors (Lipinski definition) is 0. The van der Waals surface area contributed by atoms with Crippen LogP contribution in [0.25, 0.3) is 0 Å². The van der Waals surface area contributed by atoms with Gasteiger partial charge >= 0.3 is 0 Å². The minimum atomic E-state index is 0.713. The third-order valence-corrected chi connectivity index (χ3v) is 3.25. The molecule has 1 aromatic rings. The molecule has 0 radical (unpaired) electrons. The van der Waals surface area contributed by atoms with Gasteiger partial charge in [-0.1, -0.05) is 24.6 Å². The second-order valence-corrected chi connectivity index (χ2v) is 5.01. The van der Waals surface area contributed by atoms with Crippen molar-refractivity contribution in [1.82, 2.24) is 0 Å². The number of benzene rings is 1. The van der Waals surface area contributed by atoms with Crippen LogP contribution in [0.2, 0.25) is 0 Å². The van der Waals surface area contributed by atoms with Gasteiger partial charge in [0.25, 0.3) is 0 Å². The van der Waals surface area contributed by atoms with Crippen LogP contribution >= 0.6 is 11.6 Å². The van der Waals surface area contributed by atoms with Crippen LogP contribution in [-0.2, 0) is 0 Å². The van der Waals surface area contributed by atoms with Gasteiger partial charge in [0.2, 0.25) is 0 Å². The number of halogens is 1. The molecule has 16 heavy (non-hydrogen) atoms. The maximum atomic E-state index is 5.73. The Morgan fingerprint density at radius 3 is 2.38 bits per heavy atom. The van der Waals surface area contributed by atoms with Crippen LogP contribution in [0.3, 0.4) is 0 Å². The summed E-state index contributed by atoms with van der Waals surface area (Å²) in [6.07, 6.45) is 2.32. The highest BCUT2D eigenvalue weighted by atomic mass is 35.5. The first-order chi connectivity index (χ1) is 7.63. The third kappa shape index (κ3) is 4.44. The first-order valence-corrected chi connectivity index (χ1v) is 6.50. The minimum absolute atomic E-state index is 0.713. The van der Waals surface area contributed by atoms with Crippen LogP contribution in [0.4, 0.5) is 5.69 Å². The third-order valence-electron chi connectivity index (χ3n) is 3.03. The van der Waals surface area contributed by atoms with Crippen molar-refractivity contribution in [2.75, 3.05) is 24.4 Å². The van der Waals surface area contributed by atoms with E-state index in [1.54, 1.807) is 0 Å². The van der Waals surface area contributed by atoms with E-state index >= 15 is 0 Å². The van der Waals surface area contributed by atoms with Gasteiger partial charge in [0, 0.05) is 25.2 Å². The number of hydrogen-bond acceptors (Lipinski definition) is 1. The van der Waals surface area contributed by atoms with Gasteiger partial charge in [-0.05, 0) is 37.8 Å². The van der Waals surface area contributed by atoms with Crippen LogP contribution in [0, 0.1) is 12.8 Å². The maximum absolute atomic E-state index is 5.73. The SMILES string of the molecule is Cc1ccc(N(C)CCC(C)CCCl)cc1. The van der Waals surface area contributed by atoms with Gasteiger partial charge in [-0.2, -0.15) is 0 Å². The normalized spacial score (nSPS) is 12.5. The Morgan fingerprint density at radius 1 is 1.19 bits per heavy atom. The Labute approximate surface area is 104 Å². The molecule has 2 heteroatoms. The van der Waals surface area contributed by atoms with Gasteiger partial charge in [-0.25, -0.2) is 0 Å². The molecule has 0 amide bonds. The molecule has 0 aromatic heterocycles. The van der Waals surface area contributed by atoms with Crippen LogP contribution in [0.5, 0.6) is 0 Å². The molecule has 0 saturated carbocycles. The lowest BCUT2D eigenvalue weighted by atomic mass is 10.0. The standard InChI is InChI=1S/C14H22ClN/c1-12-4-6-14(7-5-12)16(3)11-9-13(2)8-10-15/h4-7,13H,8-11H2,1-3H3. The molecule has 0 saturated heterocycles. The second kappa shape index (κ2) is 6.80. The largest absolute Gasteiger partial charge is 0.375 e. The van der Waals surface area contributed by atoms with Crippen molar-refractivity contribution >= 4 is 17.3 Å². The van der Waals surface area contributed by atoms with Crippen molar-refractivity contribution in [3.05, 3.63) is 29.8 Å². The molecule has 1 nitrogen and oxygen atoms in total. The lowest BCUT2D eigenvalue weighted by molar-refractivity contribution is 0.520. The van der Waals surface area contributed by atoms with Gasteiger partial charge in [0.1, 0.15) is 0 Å². The van der Waals surface area contributed by atoms with E-state index in [4.69, 9.17) is 11.6 Å². The van der Waals surface area contributed by atoms with Crippen molar-refractivity contribution < 1.29 is 0 Å². The Morgan fingerprint density at radius 2 is 1.81 bits per heavy atom. The molecule has 0 bridgehead atoms. The lowest BCUT2D eigenvalue weighted by Gasteiger charge is -2.21. The number of anilines is 1. The monoisotopic (exact) mass is 239 g/mol. The minimum Gasteiger partial charge on any atom is -0.375 e. The second-order valence-electron chi connectivity index (χ2n) is 4.63. The van der Waals surface area contributed by atoms with E-state index in [1.165, 1.54) is 17.7 Å². The number of aryl methyl sites for hydroxylation is 1. The van der Waals surface area contributed by atoms with Gasteiger partial charge in [0.15, 0.2) is 0 Å². The number of alkyl halides is 1. The van der Waals surface area contributed by atoms with E-state index in [-0.39, 0.29) is 0 Å². The fraction of sp³-hybridized carbons (Fsp3) is 0.571. The van der Waals surface area contributed by atoms with E-state index in [9.17, 15) is 0 Å². The molecule has 0 N–H and O–H groups in total. The maximum Gasteiger partial charge on any atom is 0.0363 e. The topological polar surface area (TPSA) is 3.24 Å². The Bertz CT molecular complexity index is 294. The molecule has 0 aliphatic rings. The molecule has 0 aliphatic heterocycles. The van der Waals surface area contributed by atoms with Crippen LogP contribution in [0.15, 0.2) is 24.3 Å². The van der Waals surface area contributed by atoms with Crippen LogP contribution in [-0.4, -0.2) is 19.5 Å². The number of rotatable bonds is 6. The van der Waals surface area contributed by atoms with E-state index in [0.29, 0.717) is 5.92 Å². The molecular formula is C14H22ClN. The summed E-state index contributed by atoms with van der Waals surface area (Å²) in [6, 6.07) is 8.69. The predicted octanol–water partition coefficient (Wildman–Crippen LogP) is 4.09. The predicted molar refractivity (Wildman–Crippen MR) is 73.6 cm³/mol. The summed E-state index contributed by atoms with van der Waals surface area (Å²) in [5, 5.41) is 0. The van der Waals surface area contributed by atoms with Crippen molar-refractivity contribution in [2.24, 2.45) is 5.92 Å². The molecule has 1 aromatic carbocycles. The Balaban J connectivity index is 2.40. The highest BCUT2D eigenvalue weighted by Crippen LogP contribution is 2.16. The molecular weight excluding hydrogens is 218 g/mol. The summed E-state index contributed by atoms with van der Waals surface area (Å²) in [5.41, 5.74) is 2.61. The lowest BCUT2D eigenvalue weighted by Crippen LogP contribution is -2.20. The zero-order valence-corrected chi connectivity index (χ0v) is 11.3. The van der Waals surface area contributed by atoms with Crippen molar-refractivity contribution in [3.8, 4) is 0 Å². The molecule has 0 fully saturated rings. The summed E-state index contributed by atoms with van der Waals surface area (Å²) in [5.74, 6) is 1.49. The van der Waals surface area contributed by atoms with Gasteiger partial charge in [-0.3, -0.25) is 0 Å². The van der Waals surface area contributed by atoms with Crippen LogP contribution < -0.4 is 4.90 Å². The summed E-state index contributed by atoms with van der Waals surface area (Å²) in [6.45, 7) is 5.48. The molecule has 1 rings (SSSR count). The fourth-order valence-corrected chi connectivity index (χ4v) is 2.05.